The van der Waals surface area contributed by atoms with E-state index in [0.717, 1.165) is 10.6 Å². The summed E-state index contributed by atoms with van der Waals surface area (Å²) in [5, 5.41) is 3.26. The first-order valence-electron chi connectivity index (χ1n) is 7.07. The van der Waals surface area contributed by atoms with Gasteiger partial charge in [0.25, 0.3) is 0 Å². The zero-order valence-electron chi connectivity index (χ0n) is 12.6. The summed E-state index contributed by atoms with van der Waals surface area (Å²) < 4.78 is 5.33. The number of rotatable bonds is 7. The van der Waals surface area contributed by atoms with E-state index in [1.165, 1.54) is 11.3 Å². The predicted octanol–water partition coefficient (Wildman–Crippen LogP) is 3.45. The van der Waals surface area contributed by atoms with Gasteiger partial charge >= 0.3 is 0 Å². The number of Topliss-reactive ketones (excluding diaryl/α,β-unsaturated/α-hetero) is 1. The topological polar surface area (TPSA) is 68.3 Å². The van der Waals surface area contributed by atoms with Gasteiger partial charge in [0, 0.05) is 29.5 Å². The van der Waals surface area contributed by atoms with E-state index in [2.05, 4.69) is 10.3 Å². The fourth-order valence-electron chi connectivity index (χ4n) is 1.87. The van der Waals surface area contributed by atoms with Crippen LogP contribution in [0.2, 0.25) is 0 Å². The Morgan fingerprint density at radius 3 is 2.55 bits per heavy atom. The molecule has 0 aliphatic rings. The van der Waals surface area contributed by atoms with Crippen LogP contribution in [0.25, 0.3) is 0 Å². The van der Waals surface area contributed by atoms with E-state index in [9.17, 15) is 9.59 Å². The van der Waals surface area contributed by atoms with Crippen LogP contribution in [0, 0.1) is 6.92 Å². The Morgan fingerprint density at radius 2 is 1.95 bits per heavy atom. The van der Waals surface area contributed by atoms with Crippen molar-refractivity contribution >= 4 is 28.2 Å². The van der Waals surface area contributed by atoms with Gasteiger partial charge in [-0.05, 0) is 38.1 Å². The molecule has 1 aromatic carbocycles. The Kier molecular flexibility index (Phi) is 5.66. The van der Waals surface area contributed by atoms with Gasteiger partial charge in [-0.3, -0.25) is 9.59 Å². The third-order valence-corrected chi connectivity index (χ3v) is 3.76. The molecule has 1 amide bonds. The SMILES string of the molecule is CCOc1ccc(C(=O)CCC(=O)Nc2ncc(C)s2)cc1. The van der Waals surface area contributed by atoms with E-state index in [1.807, 2.05) is 13.8 Å². The fraction of sp³-hybridized carbons (Fsp3) is 0.312. The quantitative estimate of drug-likeness (QED) is 0.794. The average molecular weight is 318 g/mol. The molecule has 0 fully saturated rings. The van der Waals surface area contributed by atoms with Gasteiger partial charge in [0.05, 0.1) is 6.61 Å². The minimum Gasteiger partial charge on any atom is -0.494 e. The van der Waals surface area contributed by atoms with Crippen molar-refractivity contribution in [2.45, 2.75) is 26.7 Å². The Balaban J connectivity index is 1.82. The first-order chi connectivity index (χ1) is 10.6. The first-order valence-corrected chi connectivity index (χ1v) is 7.88. The summed E-state index contributed by atoms with van der Waals surface area (Å²) in [5.74, 6) is 0.470. The number of aromatic nitrogens is 1. The molecule has 22 heavy (non-hydrogen) atoms. The number of hydrogen-bond donors (Lipinski definition) is 1. The van der Waals surface area contributed by atoms with Gasteiger partial charge in [-0.1, -0.05) is 0 Å². The zero-order valence-corrected chi connectivity index (χ0v) is 13.4. The van der Waals surface area contributed by atoms with Crippen molar-refractivity contribution in [2.24, 2.45) is 0 Å². The second-order valence-corrected chi connectivity index (χ2v) is 5.94. The average Bonchev–Trinajstić information content (AvgIpc) is 2.91. The molecule has 0 bridgehead atoms. The highest BCUT2D eigenvalue weighted by Crippen LogP contribution is 2.17. The van der Waals surface area contributed by atoms with Crippen LogP contribution in [0.5, 0.6) is 5.75 Å². The molecule has 0 aliphatic heterocycles. The molecule has 1 N–H and O–H groups in total. The lowest BCUT2D eigenvalue weighted by Crippen LogP contribution is -2.13. The molecule has 6 heteroatoms. The van der Waals surface area contributed by atoms with Gasteiger partial charge in [0.15, 0.2) is 10.9 Å². The number of benzene rings is 1. The lowest BCUT2D eigenvalue weighted by atomic mass is 10.1. The van der Waals surface area contributed by atoms with E-state index in [4.69, 9.17) is 4.74 Å². The van der Waals surface area contributed by atoms with E-state index >= 15 is 0 Å². The van der Waals surface area contributed by atoms with Crippen LogP contribution < -0.4 is 10.1 Å². The smallest absolute Gasteiger partial charge is 0.226 e. The molecule has 1 aromatic heterocycles. The van der Waals surface area contributed by atoms with Crippen LogP contribution in [0.15, 0.2) is 30.5 Å². The van der Waals surface area contributed by atoms with Crippen LogP contribution in [-0.4, -0.2) is 23.3 Å². The number of ether oxygens (including phenoxy) is 1. The number of carbonyl (C=O) groups excluding carboxylic acids is 2. The third kappa shape index (κ3) is 4.66. The molecule has 0 unspecified atom stereocenters. The molecule has 0 radical (unpaired) electrons. The zero-order chi connectivity index (χ0) is 15.9. The predicted molar refractivity (Wildman–Crippen MR) is 86.7 cm³/mol. The van der Waals surface area contributed by atoms with Crippen LogP contribution >= 0.6 is 11.3 Å². The van der Waals surface area contributed by atoms with E-state index in [1.54, 1.807) is 30.5 Å². The molecule has 0 saturated heterocycles. The summed E-state index contributed by atoms with van der Waals surface area (Å²) in [6.45, 7) is 4.41. The summed E-state index contributed by atoms with van der Waals surface area (Å²) in [4.78, 5) is 28.9. The van der Waals surface area contributed by atoms with Gasteiger partial charge in [0.2, 0.25) is 5.91 Å². The van der Waals surface area contributed by atoms with Gasteiger partial charge in [0.1, 0.15) is 5.75 Å². The first kappa shape index (κ1) is 16.2. The minimum atomic E-state index is -0.200. The highest BCUT2D eigenvalue weighted by atomic mass is 32.1. The van der Waals surface area contributed by atoms with Crippen LogP contribution in [0.1, 0.15) is 35.0 Å². The normalized spacial score (nSPS) is 10.3. The van der Waals surface area contributed by atoms with Crippen molar-refractivity contribution in [3.8, 4) is 5.75 Å². The number of aryl methyl sites for hydroxylation is 1. The van der Waals surface area contributed by atoms with Gasteiger partial charge in [-0.2, -0.15) is 0 Å². The Bertz CT molecular complexity index is 650. The molecule has 0 saturated carbocycles. The number of nitrogens with one attached hydrogen (secondary N) is 1. The summed E-state index contributed by atoms with van der Waals surface area (Å²) in [5.41, 5.74) is 0.585. The van der Waals surface area contributed by atoms with Crippen molar-refractivity contribution in [2.75, 3.05) is 11.9 Å². The number of nitrogens with zero attached hydrogens (tertiary/aromatic N) is 1. The minimum absolute atomic E-state index is 0.0616. The molecule has 1 heterocycles. The second-order valence-electron chi connectivity index (χ2n) is 4.70. The second kappa shape index (κ2) is 7.70. The maximum atomic E-state index is 12.0. The fourth-order valence-corrected chi connectivity index (χ4v) is 2.55. The monoisotopic (exact) mass is 318 g/mol. The van der Waals surface area contributed by atoms with Gasteiger partial charge in [-0.25, -0.2) is 4.98 Å². The number of amides is 1. The van der Waals surface area contributed by atoms with Gasteiger partial charge < -0.3 is 10.1 Å². The highest BCUT2D eigenvalue weighted by molar-refractivity contribution is 7.15. The largest absolute Gasteiger partial charge is 0.494 e. The number of thiazole rings is 1. The summed E-state index contributed by atoms with van der Waals surface area (Å²) >= 11 is 1.41. The molecule has 0 spiro atoms. The summed E-state index contributed by atoms with van der Waals surface area (Å²) in [6, 6.07) is 6.95. The lowest BCUT2D eigenvalue weighted by molar-refractivity contribution is -0.116. The van der Waals surface area contributed by atoms with Crippen molar-refractivity contribution < 1.29 is 14.3 Å². The molecular weight excluding hydrogens is 300 g/mol. The standard InChI is InChI=1S/C16H18N2O3S/c1-3-21-13-6-4-12(5-7-13)14(19)8-9-15(20)18-16-17-10-11(2)22-16/h4-7,10H,3,8-9H2,1-2H3,(H,17,18,20). The van der Waals surface area contributed by atoms with Crippen LogP contribution in [0.4, 0.5) is 5.13 Å². The molecular formula is C16H18N2O3S. The van der Waals surface area contributed by atoms with E-state index in [0.29, 0.717) is 17.3 Å². The highest BCUT2D eigenvalue weighted by Gasteiger charge is 2.11. The Hall–Kier alpha value is -2.21. The molecule has 0 atom stereocenters. The number of ketones is 1. The van der Waals surface area contributed by atoms with Crippen molar-refractivity contribution in [1.82, 2.24) is 4.98 Å². The summed E-state index contributed by atoms with van der Waals surface area (Å²) in [6.07, 6.45) is 2.01. The number of anilines is 1. The van der Waals surface area contributed by atoms with Crippen molar-refractivity contribution in [3.63, 3.8) is 0 Å². The van der Waals surface area contributed by atoms with Crippen LogP contribution in [-0.2, 0) is 4.79 Å². The molecule has 5 nitrogen and oxygen atoms in total. The van der Waals surface area contributed by atoms with E-state index in [-0.39, 0.29) is 24.5 Å². The number of hydrogen-bond acceptors (Lipinski definition) is 5. The summed E-state index contributed by atoms with van der Waals surface area (Å²) in [7, 11) is 0. The molecule has 2 rings (SSSR count). The lowest BCUT2D eigenvalue weighted by Gasteiger charge is -2.05. The molecule has 2 aromatic rings. The third-order valence-electron chi connectivity index (χ3n) is 2.93. The number of carbonyl (C=O) groups is 2. The Morgan fingerprint density at radius 1 is 1.23 bits per heavy atom. The maximum Gasteiger partial charge on any atom is 0.226 e. The van der Waals surface area contributed by atoms with Crippen molar-refractivity contribution in [1.29, 1.82) is 0 Å². The van der Waals surface area contributed by atoms with Crippen molar-refractivity contribution in [3.05, 3.63) is 40.9 Å². The Labute approximate surface area is 133 Å². The molecule has 0 aliphatic carbocycles. The maximum absolute atomic E-state index is 12.0. The van der Waals surface area contributed by atoms with Crippen LogP contribution in [0.3, 0.4) is 0 Å². The van der Waals surface area contributed by atoms with E-state index < -0.39 is 0 Å². The van der Waals surface area contributed by atoms with Gasteiger partial charge in [-0.15, -0.1) is 11.3 Å². The molecule has 116 valence electrons.